The second-order valence-electron chi connectivity index (χ2n) is 2.76. The van der Waals surface area contributed by atoms with Crippen molar-refractivity contribution in [3.05, 3.63) is 11.9 Å². The summed E-state index contributed by atoms with van der Waals surface area (Å²) in [5, 5.41) is 10.8. The van der Waals surface area contributed by atoms with Gasteiger partial charge < -0.3 is 11.1 Å². The quantitative estimate of drug-likeness (QED) is 0.648. The largest absolute Gasteiger partial charge is 0.353 e. The highest BCUT2D eigenvalue weighted by Gasteiger charge is 1.95. The molecule has 72 valence electrons. The van der Waals surface area contributed by atoms with Crippen LogP contribution in [0.2, 0.25) is 0 Å². The molecule has 3 N–H and O–H groups in total. The average molecular weight is 181 g/mol. The summed E-state index contributed by atoms with van der Waals surface area (Å²) >= 11 is 0. The van der Waals surface area contributed by atoms with Crippen molar-refractivity contribution < 1.29 is 0 Å². The van der Waals surface area contributed by atoms with Gasteiger partial charge in [0.2, 0.25) is 5.95 Å². The molecule has 1 heterocycles. The second-order valence-corrected chi connectivity index (χ2v) is 2.76. The molecule has 5 nitrogen and oxygen atoms in total. The van der Waals surface area contributed by atoms with E-state index in [4.69, 9.17) is 5.73 Å². The van der Waals surface area contributed by atoms with Gasteiger partial charge in [0.25, 0.3) is 0 Å². The lowest BCUT2D eigenvalue weighted by atomic mass is 10.3. The van der Waals surface area contributed by atoms with Crippen LogP contribution in [-0.4, -0.2) is 21.7 Å². The monoisotopic (exact) mass is 181 g/mol. The minimum Gasteiger partial charge on any atom is -0.353 e. The number of nitrogens with one attached hydrogen (secondary N) is 1. The van der Waals surface area contributed by atoms with Crippen LogP contribution in [0.1, 0.15) is 25.5 Å². The molecule has 1 aromatic rings. The average Bonchev–Trinajstić information content (AvgIpc) is 2.19. The highest BCUT2D eigenvalue weighted by atomic mass is 15.2. The van der Waals surface area contributed by atoms with Crippen molar-refractivity contribution in [3.8, 4) is 0 Å². The number of nitrogens with zero attached hydrogens (tertiary/aromatic N) is 3. The first-order valence-electron chi connectivity index (χ1n) is 4.49. The first-order valence-corrected chi connectivity index (χ1v) is 4.49. The number of anilines is 1. The summed E-state index contributed by atoms with van der Waals surface area (Å²) in [6.07, 6.45) is 3.91. The number of aromatic nitrogens is 3. The molecule has 0 amide bonds. The Balaban J connectivity index is 2.40. The molecule has 0 fully saturated rings. The Bertz CT molecular complexity index is 233. The van der Waals surface area contributed by atoms with Crippen molar-refractivity contribution >= 4 is 5.95 Å². The fraction of sp³-hybridized carbons (Fsp3) is 0.625. The third-order valence-electron chi connectivity index (χ3n) is 1.63. The molecular formula is C8H15N5. The van der Waals surface area contributed by atoms with Crippen LogP contribution in [0.4, 0.5) is 5.95 Å². The molecule has 0 unspecified atom stereocenters. The van der Waals surface area contributed by atoms with Crippen LogP contribution in [0.15, 0.2) is 6.20 Å². The van der Waals surface area contributed by atoms with E-state index in [2.05, 4.69) is 27.4 Å². The highest BCUT2D eigenvalue weighted by Crippen LogP contribution is 1.96. The summed E-state index contributed by atoms with van der Waals surface area (Å²) in [5.74, 6) is 0.575. The van der Waals surface area contributed by atoms with Gasteiger partial charge in [-0.1, -0.05) is 13.3 Å². The van der Waals surface area contributed by atoms with E-state index >= 15 is 0 Å². The molecule has 0 spiro atoms. The molecule has 13 heavy (non-hydrogen) atoms. The lowest BCUT2D eigenvalue weighted by Gasteiger charge is -2.02. The smallest absolute Gasteiger partial charge is 0.242 e. The maximum absolute atomic E-state index is 5.36. The van der Waals surface area contributed by atoms with E-state index in [-0.39, 0.29) is 0 Å². The van der Waals surface area contributed by atoms with Gasteiger partial charge in [-0.3, -0.25) is 0 Å². The van der Waals surface area contributed by atoms with Gasteiger partial charge in [0.1, 0.15) is 0 Å². The van der Waals surface area contributed by atoms with Gasteiger partial charge in [-0.05, 0) is 6.42 Å². The standard InChI is InChI=1S/C8H15N5/c1-2-3-4-10-8-11-6-7(5-9)12-13-8/h6H,2-5,9H2,1H3,(H,10,11,13). The zero-order valence-electron chi connectivity index (χ0n) is 7.82. The molecule has 0 aromatic carbocycles. The van der Waals surface area contributed by atoms with Crippen LogP contribution in [0.25, 0.3) is 0 Å². The van der Waals surface area contributed by atoms with Crippen LogP contribution in [0, 0.1) is 0 Å². The molecule has 0 atom stereocenters. The molecule has 0 radical (unpaired) electrons. The summed E-state index contributed by atoms with van der Waals surface area (Å²) in [6, 6.07) is 0. The second kappa shape index (κ2) is 5.42. The van der Waals surface area contributed by atoms with Crippen LogP contribution < -0.4 is 11.1 Å². The summed E-state index contributed by atoms with van der Waals surface area (Å²) in [4.78, 5) is 4.06. The number of hydrogen-bond donors (Lipinski definition) is 2. The molecule has 1 aromatic heterocycles. The van der Waals surface area contributed by atoms with Gasteiger partial charge in [0.15, 0.2) is 0 Å². The summed E-state index contributed by atoms with van der Waals surface area (Å²) in [7, 11) is 0. The Hall–Kier alpha value is -1.23. The lowest BCUT2D eigenvalue weighted by Crippen LogP contribution is -2.08. The topological polar surface area (TPSA) is 76.7 Å². The van der Waals surface area contributed by atoms with Crippen molar-refractivity contribution in [1.29, 1.82) is 0 Å². The van der Waals surface area contributed by atoms with Crippen molar-refractivity contribution in [2.24, 2.45) is 5.73 Å². The molecular weight excluding hydrogens is 166 g/mol. The molecule has 0 aliphatic carbocycles. The first-order chi connectivity index (χ1) is 6.36. The van der Waals surface area contributed by atoms with Gasteiger partial charge in [0.05, 0.1) is 11.9 Å². The number of rotatable bonds is 5. The third kappa shape index (κ3) is 3.33. The number of hydrogen-bond acceptors (Lipinski definition) is 5. The Morgan fingerprint density at radius 1 is 1.46 bits per heavy atom. The highest BCUT2D eigenvalue weighted by molar-refractivity contribution is 5.20. The number of nitrogens with two attached hydrogens (primary N) is 1. The van der Waals surface area contributed by atoms with Gasteiger partial charge in [-0.2, -0.15) is 0 Å². The number of unbranched alkanes of at least 4 members (excludes halogenated alkanes) is 1. The van der Waals surface area contributed by atoms with E-state index in [1.54, 1.807) is 6.20 Å². The van der Waals surface area contributed by atoms with Crippen molar-refractivity contribution in [1.82, 2.24) is 15.2 Å². The van der Waals surface area contributed by atoms with Crippen molar-refractivity contribution in [3.63, 3.8) is 0 Å². The van der Waals surface area contributed by atoms with Crippen LogP contribution in [-0.2, 0) is 6.54 Å². The van der Waals surface area contributed by atoms with Crippen molar-refractivity contribution in [2.45, 2.75) is 26.3 Å². The molecule has 5 heteroatoms. The Morgan fingerprint density at radius 3 is 2.85 bits per heavy atom. The van der Waals surface area contributed by atoms with E-state index in [9.17, 15) is 0 Å². The van der Waals surface area contributed by atoms with E-state index in [0.717, 1.165) is 19.4 Å². The van der Waals surface area contributed by atoms with E-state index in [1.807, 2.05) is 0 Å². The van der Waals surface area contributed by atoms with E-state index in [0.29, 0.717) is 18.2 Å². The van der Waals surface area contributed by atoms with Crippen LogP contribution in [0.3, 0.4) is 0 Å². The van der Waals surface area contributed by atoms with Gasteiger partial charge in [-0.15, -0.1) is 10.2 Å². The van der Waals surface area contributed by atoms with Crippen molar-refractivity contribution in [2.75, 3.05) is 11.9 Å². The maximum Gasteiger partial charge on any atom is 0.242 e. The Morgan fingerprint density at radius 2 is 2.31 bits per heavy atom. The summed E-state index contributed by atoms with van der Waals surface area (Å²) in [5.41, 5.74) is 6.07. The predicted molar refractivity (Wildman–Crippen MR) is 51.1 cm³/mol. The fourth-order valence-corrected chi connectivity index (χ4v) is 0.850. The predicted octanol–water partition coefficient (Wildman–Crippen LogP) is 0.542. The zero-order valence-corrected chi connectivity index (χ0v) is 7.82. The third-order valence-corrected chi connectivity index (χ3v) is 1.63. The Kier molecular flexibility index (Phi) is 4.11. The molecule has 0 aliphatic heterocycles. The molecule has 1 rings (SSSR count). The van der Waals surface area contributed by atoms with Crippen LogP contribution in [0.5, 0.6) is 0 Å². The van der Waals surface area contributed by atoms with E-state index in [1.165, 1.54) is 0 Å². The maximum atomic E-state index is 5.36. The normalized spacial score (nSPS) is 10.0. The molecule has 0 saturated heterocycles. The minimum absolute atomic E-state index is 0.384. The SMILES string of the molecule is CCCCNc1ncc(CN)nn1. The van der Waals surface area contributed by atoms with Gasteiger partial charge in [-0.25, -0.2) is 4.98 Å². The molecule has 0 aliphatic rings. The summed E-state index contributed by atoms with van der Waals surface area (Å²) in [6.45, 7) is 3.41. The van der Waals surface area contributed by atoms with E-state index < -0.39 is 0 Å². The van der Waals surface area contributed by atoms with Gasteiger partial charge in [0, 0.05) is 13.1 Å². The Labute approximate surface area is 77.8 Å². The molecule has 0 saturated carbocycles. The first kappa shape index (κ1) is 9.85. The molecule has 0 bridgehead atoms. The summed E-state index contributed by atoms with van der Waals surface area (Å²) < 4.78 is 0. The fourth-order valence-electron chi connectivity index (χ4n) is 0.850. The van der Waals surface area contributed by atoms with Gasteiger partial charge >= 0.3 is 0 Å². The lowest BCUT2D eigenvalue weighted by molar-refractivity contribution is 0.808. The minimum atomic E-state index is 0.384. The van der Waals surface area contributed by atoms with Crippen LogP contribution >= 0.6 is 0 Å². The zero-order chi connectivity index (χ0) is 9.52.